The van der Waals surface area contributed by atoms with Crippen molar-refractivity contribution in [3.05, 3.63) is 35.9 Å². The van der Waals surface area contributed by atoms with Crippen LogP contribution in [0.1, 0.15) is 13.3 Å². The van der Waals surface area contributed by atoms with E-state index in [0.717, 1.165) is 0 Å². The van der Waals surface area contributed by atoms with E-state index in [1.807, 2.05) is 0 Å². The Bertz CT molecular complexity index is 514. The summed E-state index contributed by atoms with van der Waals surface area (Å²) in [6.07, 6.45) is 2.20. The van der Waals surface area contributed by atoms with E-state index in [9.17, 15) is 8.42 Å². The number of rotatable bonds is 5. The van der Waals surface area contributed by atoms with Crippen LogP contribution in [-0.4, -0.2) is 14.5 Å². The van der Waals surface area contributed by atoms with Crippen LogP contribution in [0.2, 0.25) is 5.02 Å². The molecule has 1 unspecified atom stereocenters. The molecule has 1 aromatic rings. The Hall–Kier alpha value is -1.04. The predicted octanol–water partition coefficient (Wildman–Crippen LogP) is 2.17. The number of halogens is 1. The summed E-state index contributed by atoms with van der Waals surface area (Å²) in [5.41, 5.74) is 5.93. The van der Waals surface area contributed by atoms with Crippen molar-refractivity contribution in [2.75, 3.05) is 5.73 Å². The van der Waals surface area contributed by atoms with E-state index in [1.54, 1.807) is 13.0 Å². The molecule has 1 atom stereocenters. The minimum absolute atomic E-state index is 0.0317. The fourth-order valence-corrected chi connectivity index (χ4v) is 3.17. The molecule has 94 valence electrons. The number of nitrogens with two attached hydrogens (primary N) is 1. The normalized spacial score (nSPS) is 13.3. The molecule has 0 fully saturated rings. The summed E-state index contributed by atoms with van der Waals surface area (Å²) in [5.74, 6) is 0. The molecular weight excluding hydrogens is 260 g/mol. The van der Waals surface area contributed by atoms with Crippen molar-refractivity contribution in [2.45, 2.75) is 24.3 Å². The smallest absolute Gasteiger partial charge is 0.242 e. The number of anilines is 1. The maximum absolute atomic E-state index is 12.0. The summed E-state index contributed by atoms with van der Waals surface area (Å²) in [6.45, 7) is 5.31. The lowest BCUT2D eigenvalue weighted by Gasteiger charge is -2.13. The van der Waals surface area contributed by atoms with Gasteiger partial charge in [-0.15, -0.1) is 6.58 Å². The molecule has 3 N–H and O–H groups in total. The predicted molar refractivity (Wildman–Crippen MR) is 70.5 cm³/mol. The van der Waals surface area contributed by atoms with E-state index in [0.29, 0.717) is 12.1 Å². The third-order valence-corrected chi connectivity index (χ3v) is 4.19. The Morgan fingerprint density at radius 1 is 1.59 bits per heavy atom. The number of hydrogen-bond donors (Lipinski definition) is 2. The van der Waals surface area contributed by atoms with E-state index >= 15 is 0 Å². The van der Waals surface area contributed by atoms with Crippen LogP contribution in [0, 0.1) is 0 Å². The van der Waals surface area contributed by atoms with Gasteiger partial charge in [-0.05, 0) is 31.5 Å². The third kappa shape index (κ3) is 3.73. The molecule has 0 aliphatic carbocycles. The highest BCUT2D eigenvalue weighted by atomic mass is 35.5. The van der Waals surface area contributed by atoms with Crippen molar-refractivity contribution in [3.63, 3.8) is 0 Å². The van der Waals surface area contributed by atoms with E-state index in [2.05, 4.69) is 11.3 Å². The summed E-state index contributed by atoms with van der Waals surface area (Å²) in [4.78, 5) is 0.0317. The Balaban J connectivity index is 3.01. The average molecular weight is 275 g/mol. The number of hydrogen-bond acceptors (Lipinski definition) is 3. The van der Waals surface area contributed by atoms with E-state index < -0.39 is 10.0 Å². The number of nitrogens with one attached hydrogen (secondary N) is 1. The van der Waals surface area contributed by atoms with Crippen molar-refractivity contribution in [2.24, 2.45) is 0 Å². The van der Waals surface area contributed by atoms with Gasteiger partial charge in [0.15, 0.2) is 0 Å². The van der Waals surface area contributed by atoms with E-state index in [-0.39, 0.29) is 16.0 Å². The molecule has 0 spiro atoms. The molecule has 0 radical (unpaired) electrons. The van der Waals surface area contributed by atoms with Crippen molar-refractivity contribution in [1.82, 2.24) is 4.72 Å². The quantitative estimate of drug-likeness (QED) is 0.638. The molecule has 4 nitrogen and oxygen atoms in total. The van der Waals surface area contributed by atoms with Gasteiger partial charge in [0.05, 0.1) is 5.02 Å². The van der Waals surface area contributed by atoms with Gasteiger partial charge >= 0.3 is 0 Å². The molecule has 0 aliphatic rings. The van der Waals surface area contributed by atoms with Crippen LogP contribution in [0.3, 0.4) is 0 Å². The molecular formula is C11H15ClN2O2S. The van der Waals surface area contributed by atoms with Gasteiger partial charge in [-0.25, -0.2) is 13.1 Å². The SMILES string of the molecule is C=CCC(C)NS(=O)(=O)c1ccc(N)cc1Cl. The first-order valence-electron chi connectivity index (χ1n) is 5.05. The van der Waals surface area contributed by atoms with Crippen molar-refractivity contribution < 1.29 is 8.42 Å². The molecule has 0 bridgehead atoms. The van der Waals surface area contributed by atoms with Gasteiger partial charge in [-0.3, -0.25) is 0 Å². The van der Waals surface area contributed by atoms with Crippen LogP contribution >= 0.6 is 11.6 Å². The topological polar surface area (TPSA) is 72.2 Å². The first kappa shape index (κ1) is 14.0. The molecule has 17 heavy (non-hydrogen) atoms. The molecule has 1 aromatic carbocycles. The van der Waals surface area contributed by atoms with Gasteiger partial charge in [0, 0.05) is 11.7 Å². The molecule has 1 rings (SSSR count). The second-order valence-corrected chi connectivity index (χ2v) is 5.83. The minimum atomic E-state index is -3.61. The van der Waals surface area contributed by atoms with Crippen molar-refractivity contribution in [1.29, 1.82) is 0 Å². The zero-order valence-electron chi connectivity index (χ0n) is 9.48. The van der Waals surface area contributed by atoms with Gasteiger partial charge in [0.1, 0.15) is 4.90 Å². The third-order valence-electron chi connectivity index (χ3n) is 2.12. The lowest BCUT2D eigenvalue weighted by Crippen LogP contribution is -2.32. The summed E-state index contributed by atoms with van der Waals surface area (Å²) >= 11 is 5.86. The number of nitrogen functional groups attached to an aromatic ring is 1. The minimum Gasteiger partial charge on any atom is -0.399 e. The summed E-state index contributed by atoms with van der Waals surface area (Å²) in [5, 5.41) is 0.114. The fourth-order valence-electron chi connectivity index (χ4n) is 1.36. The van der Waals surface area contributed by atoms with Gasteiger partial charge < -0.3 is 5.73 Å². The zero-order chi connectivity index (χ0) is 13.1. The molecule has 6 heteroatoms. The maximum Gasteiger partial charge on any atom is 0.242 e. The molecule has 0 heterocycles. The molecule has 0 aliphatic heterocycles. The van der Waals surface area contributed by atoms with Crippen molar-refractivity contribution >= 4 is 27.3 Å². The Labute approximate surface area is 107 Å². The second-order valence-electron chi connectivity index (χ2n) is 3.74. The highest BCUT2D eigenvalue weighted by Crippen LogP contribution is 2.23. The first-order chi connectivity index (χ1) is 7.86. The maximum atomic E-state index is 12.0. The van der Waals surface area contributed by atoms with Crippen LogP contribution in [0.5, 0.6) is 0 Å². The monoisotopic (exact) mass is 274 g/mol. The van der Waals surface area contributed by atoms with E-state index in [4.69, 9.17) is 17.3 Å². The standard InChI is InChI=1S/C11H15ClN2O2S/c1-3-4-8(2)14-17(15,16)11-6-5-9(13)7-10(11)12/h3,5-8,14H,1,4,13H2,2H3. The van der Waals surface area contributed by atoms with Crippen LogP contribution in [0.4, 0.5) is 5.69 Å². The lowest BCUT2D eigenvalue weighted by molar-refractivity contribution is 0.562. The molecule has 0 saturated carbocycles. The Morgan fingerprint density at radius 2 is 2.24 bits per heavy atom. The van der Waals surface area contributed by atoms with Gasteiger partial charge in [-0.1, -0.05) is 17.7 Å². The van der Waals surface area contributed by atoms with Gasteiger partial charge in [0.25, 0.3) is 0 Å². The number of sulfonamides is 1. The Kier molecular flexibility index (Phi) is 4.56. The fraction of sp³-hybridized carbons (Fsp3) is 0.273. The van der Waals surface area contributed by atoms with Crippen LogP contribution in [0.15, 0.2) is 35.7 Å². The van der Waals surface area contributed by atoms with Crippen LogP contribution in [0.25, 0.3) is 0 Å². The summed E-state index contributed by atoms with van der Waals surface area (Å²) in [6, 6.07) is 4.07. The van der Waals surface area contributed by atoms with Crippen LogP contribution < -0.4 is 10.5 Å². The van der Waals surface area contributed by atoms with Crippen LogP contribution in [-0.2, 0) is 10.0 Å². The first-order valence-corrected chi connectivity index (χ1v) is 6.91. The molecule has 0 saturated heterocycles. The highest BCUT2D eigenvalue weighted by Gasteiger charge is 2.19. The lowest BCUT2D eigenvalue weighted by atomic mass is 10.3. The molecule has 0 amide bonds. The average Bonchev–Trinajstić information content (AvgIpc) is 2.15. The molecule has 0 aromatic heterocycles. The van der Waals surface area contributed by atoms with Gasteiger partial charge in [-0.2, -0.15) is 0 Å². The van der Waals surface area contributed by atoms with Gasteiger partial charge in [0.2, 0.25) is 10.0 Å². The van der Waals surface area contributed by atoms with Crippen molar-refractivity contribution in [3.8, 4) is 0 Å². The Morgan fingerprint density at radius 3 is 2.76 bits per heavy atom. The number of benzene rings is 1. The highest BCUT2D eigenvalue weighted by molar-refractivity contribution is 7.89. The summed E-state index contributed by atoms with van der Waals surface area (Å²) < 4.78 is 26.5. The van der Waals surface area contributed by atoms with E-state index in [1.165, 1.54) is 18.2 Å². The summed E-state index contributed by atoms with van der Waals surface area (Å²) in [7, 11) is -3.61. The zero-order valence-corrected chi connectivity index (χ0v) is 11.1. The second kappa shape index (κ2) is 5.53. The largest absolute Gasteiger partial charge is 0.399 e.